The Morgan fingerprint density at radius 2 is 1.73 bits per heavy atom. The first kappa shape index (κ1) is 29.7. The number of hydrogen-bond donors (Lipinski definition) is 3. The van der Waals surface area contributed by atoms with Crippen LogP contribution in [0.4, 0.5) is 29.3 Å². The Hall–Kier alpha value is -4.32. The van der Waals surface area contributed by atoms with Crippen LogP contribution in [0.5, 0.6) is 0 Å². The molecule has 0 heterocycles. The summed E-state index contributed by atoms with van der Waals surface area (Å²) < 4.78 is 40.3. The van der Waals surface area contributed by atoms with Gasteiger partial charge in [-0.2, -0.15) is 18.2 Å². The number of amides is 3. The molecule has 0 radical (unpaired) electrons. The van der Waals surface area contributed by atoms with Crippen LogP contribution in [0, 0.1) is 5.53 Å². The highest BCUT2D eigenvalue weighted by atomic mass is 79.9. The maximum atomic E-state index is 13.5. The molecule has 8 nitrogen and oxygen atoms in total. The highest BCUT2D eigenvalue weighted by Crippen LogP contribution is 2.34. The summed E-state index contributed by atoms with van der Waals surface area (Å²) in [5.74, 6) is -1.15. The van der Waals surface area contributed by atoms with Gasteiger partial charge in [0.2, 0.25) is 5.96 Å². The predicted molar refractivity (Wildman–Crippen MR) is 155 cm³/mol. The zero-order chi connectivity index (χ0) is 29.6. The first-order chi connectivity index (χ1) is 19.5. The van der Waals surface area contributed by atoms with Crippen molar-refractivity contribution < 1.29 is 22.8 Å². The van der Waals surface area contributed by atoms with E-state index in [0.29, 0.717) is 11.3 Å². The normalized spacial score (nSPS) is 13.8. The number of guanidine groups is 1. The Morgan fingerprint density at radius 3 is 2.34 bits per heavy atom. The third-order valence-corrected chi connectivity index (χ3v) is 6.89. The van der Waals surface area contributed by atoms with Crippen LogP contribution in [0.2, 0.25) is 0 Å². The third kappa shape index (κ3) is 7.88. The van der Waals surface area contributed by atoms with E-state index in [1.165, 1.54) is 28.7 Å². The van der Waals surface area contributed by atoms with Gasteiger partial charge in [0.15, 0.2) is 0 Å². The van der Waals surface area contributed by atoms with E-state index in [-0.39, 0.29) is 22.3 Å². The summed E-state index contributed by atoms with van der Waals surface area (Å²) >= 11 is 3.08. The lowest BCUT2D eigenvalue weighted by Gasteiger charge is -2.24. The molecule has 0 fully saturated rings. The van der Waals surface area contributed by atoms with Gasteiger partial charge < -0.3 is 11.1 Å². The van der Waals surface area contributed by atoms with Crippen molar-refractivity contribution in [3.05, 3.63) is 99.5 Å². The molecular formula is C29H26BrF3N6O2. The molecule has 3 aromatic carbocycles. The first-order valence-electron chi connectivity index (χ1n) is 12.6. The molecule has 4 rings (SSSR count). The number of urea groups is 1. The highest BCUT2D eigenvalue weighted by Gasteiger charge is 2.31. The van der Waals surface area contributed by atoms with E-state index < -0.39 is 29.6 Å². The number of hydrogen-bond acceptors (Lipinski definition) is 3. The smallest absolute Gasteiger partial charge is 0.366 e. The number of nitrogens with zero attached hydrogens (tertiary/aromatic N) is 3. The molecule has 3 aromatic rings. The Kier molecular flexibility index (Phi) is 9.33. The van der Waals surface area contributed by atoms with Gasteiger partial charge in [-0.15, -0.1) is 5.11 Å². The van der Waals surface area contributed by atoms with Crippen LogP contribution in [0.3, 0.4) is 0 Å². The number of alkyl halides is 3. The second kappa shape index (κ2) is 12.9. The highest BCUT2D eigenvalue weighted by molar-refractivity contribution is 9.10. The predicted octanol–water partition coefficient (Wildman–Crippen LogP) is 8.15. The number of nitrogens with one attached hydrogen (secondary N) is 2. The van der Waals surface area contributed by atoms with E-state index in [4.69, 9.17) is 11.3 Å². The Balaban J connectivity index is 1.63. The van der Waals surface area contributed by atoms with Gasteiger partial charge in [-0.1, -0.05) is 46.3 Å². The van der Waals surface area contributed by atoms with Gasteiger partial charge in [0, 0.05) is 21.4 Å². The Bertz CT molecular complexity index is 1500. The minimum atomic E-state index is -4.59. The van der Waals surface area contributed by atoms with Gasteiger partial charge in [-0.25, -0.2) is 10.3 Å². The number of halogens is 4. The molecule has 0 unspecified atom stereocenters. The standard InChI is InChI=1S/C29H26BrF3N6O2/c30-23-14-22(29(31,32)33)15-24(16-23)36-28(41)39(25-12-10-20(11-13-25)19-4-2-1-3-5-19)17-18-6-8-21(9-7-18)26(40)37-27(34)38-35/h4,6-16,35H,1-3,5,17H2,(H,36,41)(H2,34,37,40). The summed E-state index contributed by atoms with van der Waals surface area (Å²) in [5, 5.41) is 5.48. The molecule has 0 saturated carbocycles. The van der Waals surface area contributed by atoms with E-state index >= 15 is 0 Å². The quantitative estimate of drug-likeness (QED) is 0.145. The molecule has 4 N–H and O–H groups in total. The second-order valence-corrected chi connectivity index (χ2v) is 10.3. The SMILES string of the molecule is N=NC(N)=NC(=O)c1ccc(CN(C(=O)Nc2cc(Br)cc(C(F)(F)F)c2)c2ccc(C3=CCCCC3)cc2)cc1. The van der Waals surface area contributed by atoms with Crippen molar-refractivity contribution in [2.24, 2.45) is 15.8 Å². The summed E-state index contributed by atoms with van der Waals surface area (Å²) in [6.07, 6.45) is 1.90. The summed E-state index contributed by atoms with van der Waals surface area (Å²) in [6.45, 7) is 0.0515. The van der Waals surface area contributed by atoms with E-state index in [1.807, 2.05) is 12.1 Å². The van der Waals surface area contributed by atoms with Crippen LogP contribution >= 0.6 is 15.9 Å². The fourth-order valence-electron chi connectivity index (χ4n) is 4.38. The second-order valence-electron chi connectivity index (χ2n) is 9.35. The number of carbonyl (C=O) groups is 2. The summed E-state index contributed by atoms with van der Waals surface area (Å²) in [6, 6.07) is 16.2. The summed E-state index contributed by atoms with van der Waals surface area (Å²) in [4.78, 5) is 30.6. The number of aliphatic imine (C=N–C) groups is 1. The van der Waals surface area contributed by atoms with E-state index in [2.05, 4.69) is 37.4 Å². The van der Waals surface area contributed by atoms with Crippen molar-refractivity contribution in [1.29, 1.82) is 5.53 Å². The molecule has 1 aliphatic rings. The van der Waals surface area contributed by atoms with Crippen LogP contribution in [-0.2, 0) is 12.7 Å². The maximum absolute atomic E-state index is 13.5. The molecule has 0 aromatic heterocycles. The van der Waals surface area contributed by atoms with Crippen molar-refractivity contribution in [3.63, 3.8) is 0 Å². The van der Waals surface area contributed by atoms with Gasteiger partial charge in [-0.3, -0.25) is 9.69 Å². The third-order valence-electron chi connectivity index (χ3n) is 6.43. The van der Waals surface area contributed by atoms with Crippen molar-refractivity contribution in [2.45, 2.75) is 38.4 Å². The van der Waals surface area contributed by atoms with Crippen molar-refractivity contribution >= 4 is 50.8 Å². The number of allylic oxidation sites excluding steroid dienone is 2. The number of carbonyl (C=O) groups excluding carboxylic acids is 2. The zero-order valence-corrected chi connectivity index (χ0v) is 23.3. The van der Waals surface area contributed by atoms with Gasteiger partial charge in [0.25, 0.3) is 5.91 Å². The zero-order valence-electron chi connectivity index (χ0n) is 21.7. The lowest BCUT2D eigenvalue weighted by Crippen LogP contribution is -2.34. The minimum Gasteiger partial charge on any atom is -0.366 e. The number of benzene rings is 3. The molecule has 12 heteroatoms. The van der Waals surface area contributed by atoms with Gasteiger partial charge in [0.1, 0.15) is 0 Å². The molecule has 0 saturated heterocycles. The molecule has 0 atom stereocenters. The average Bonchev–Trinajstić information content (AvgIpc) is 2.96. The van der Waals surface area contributed by atoms with E-state index in [1.54, 1.807) is 24.3 Å². The van der Waals surface area contributed by atoms with Gasteiger partial charge >= 0.3 is 12.2 Å². The topological polar surface area (TPSA) is 124 Å². The lowest BCUT2D eigenvalue weighted by atomic mass is 9.93. The molecule has 212 valence electrons. The Morgan fingerprint density at radius 1 is 1.02 bits per heavy atom. The monoisotopic (exact) mass is 626 g/mol. The summed E-state index contributed by atoms with van der Waals surface area (Å²) in [5.41, 5.74) is 14.9. The van der Waals surface area contributed by atoms with Gasteiger partial charge in [-0.05, 0) is 84.8 Å². The van der Waals surface area contributed by atoms with E-state index in [0.717, 1.165) is 43.4 Å². The van der Waals surface area contributed by atoms with Crippen molar-refractivity contribution in [1.82, 2.24) is 0 Å². The van der Waals surface area contributed by atoms with Crippen LogP contribution in [0.15, 0.2) is 87.4 Å². The van der Waals surface area contributed by atoms with Gasteiger partial charge in [0.05, 0.1) is 12.1 Å². The largest absolute Gasteiger partial charge is 0.416 e. The minimum absolute atomic E-state index is 0.0260. The van der Waals surface area contributed by atoms with Crippen LogP contribution in [0.1, 0.15) is 52.7 Å². The lowest BCUT2D eigenvalue weighted by molar-refractivity contribution is -0.137. The Labute approximate surface area is 242 Å². The average molecular weight is 627 g/mol. The van der Waals surface area contributed by atoms with Crippen LogP contribution < -0.4 is 16.0 Å². The number of rotatable bonds is 6. The van der Waals surface area contributed by atoms with Crippen molar-refractivity contribution in [2.75, 3.05) is 10.2 Å². The molecule has 1 aliphatic carbocycles. The summed E-state index contributed by atoms with van der Waals surface area (Å²) in [7, 11) is 0. The van der Waals surface area contributed by atoms with Crippen LogP contribution in [0.25, 0.3) is 5.57 Å². The molecular weight excluding hydrogens is 601 g/mol. The van der Waals surface area contributed by atoms with E-state index in [9.17, 15) is 22.8 Å². The molecule has 0 aliphatic heterocycles. The maximum Gasteiger partial charge on any atom is 0.416 e. The molecule has 0 bridgehead atoms. The number of anilines is 2. The fourth-order valence-corrected chi connectivity index (χ4v) is 4.87. The first-order valence-corrected chi connectivity index (χ1v) is 13.4. The van der Waals surface area contributed by atoms with Crippen molar-refractivity contribution in [3.8, 4) is 0 Å². The van der Waals surface area contributed by atoms with Crippen LogP contribution in [-0.4, -0.2) is 17.9 Å². The fraction of sp³-hybridized carbons (Fsp3) is 0.207. The molecule has 41 heavy (non-hydrogen) atoms. The molecule has 3 amide bonds. The molecule has 0 spiro atoms. The number of nitrogens with two attached hydrogens (primary N) is 1.